The van der Waals surface area contributed by atoms with E-state index in [-0.39, 0.29) is 5.78 Å². The van der Waals surface area contributed by atoms with Crippen LogP contribution in [-0.4, -0.2) is 31.1 Å². The molecule has 1 aromatic heterocycles. The fourth-order valence-electron chi connectivity index (χ4n) is 2.99. The fourth-order valence-corrected chi connectivity index (χ4v) is 2.99. The third-order valence-corrected chi connectivity index (χ3v) is 4.36. The van der Waals surface area contributed by atoms with Gasteiger partial charge < -0.3 is 18.6 Å². The lowest BCUT2D eigenvalue weighted by Crippen LogP contribution is -2.05. The van der Waals surface area contributed by atoms with Gasteiger partial charge in [0.05, 0.1) is 31.6 Å². The van der Waals surface area contributed by atoms with E-state index in [4.69, 9.17) is 18.6 Å². The Balaban J connectivity index is 1.70. The Morgan fingerprint density at radius 1 is 1.00 bits per heavy atom. The van der Waals surface area contributed by atoms with E-state index >= 15 is 0 Å². The van der Waals surface area contributed by atoms with Crippen LogP contribution in [-0.2, 0) is 6.42 Å². The highest BCUT2D eigenvalue weighted by atomic mass is 16.5. The van der Waals surface area contributed by atoms with E-state index in [0.717, 1.165) is 11.3 Å². The predicted molar refractivity (Wildman–Crippen MR) is 110 cm³/mol. The smallest absolute Gasteiger partial charge is 0.226 e. The van der Waals surface area contributed by atoms with Crippen molar-refractivity contribution in [3.8, 4) is 28.7 Å². The summed E-state index contributed by atoms with van der Waals surface area (Å²) in [5.74, 6) is 2.39. The zero-order valence-electron chi connectivity index (χ0n) is 16.9. The number of carbonyl (C=O) groups excluding carboxylic acids is 1. The molecule has 0 saturated carbocycles. The van der Waals surface area contributed by atoms with E-state index in [1.165, 1.54) is 0 Å². The van der Waals surface area contributed by atoms with Crippen LogP contribution in [0.5, 0.6) is 17.2 Å². The molecule has 29 heavy (non-hydrogen) atoms. The van der Waals surface area contributed by atoms with Gasteiger partial charge in [0.15, 0.2) is 17.3 Å². The van der Waals surface area contributed by atoms with Crippen LogP contribution in [0.3, 0.4) is 0 Å². The number of hydrogen-bond acceptors (Lipinski definition) is 6. The number of ketones is 1. The minimum Gasteiger partial charge on any atom is -0.493 e. The van der Waals surface area contributed by atoms with Gasteiger partial charge >= 0.3 is 0 Å². The molecule has 1 heterocycles. The lowest BCUT2D eigenvalue weighted by atomic mass is 10.0. The zero-order chi connectivity index (χ0) is 20.6. The summed E-state index contributed by atoms with van der Waals surface area (Å²) in [5.41, 5.74) is 2.10. The third kappa shape index (κ3) is 4.96. The van der Waals surface area contributed by atoms with Crippen LogP contribution >= 0.6 is 0 Å². The molecule has 0 fully saturated rings. The van der Waals surface area contributed by atoms with Crippen LogP contribution in [0.25, 0.3) is 11.5 Å². The molecular weight excluding hydrogens is 370 g/mol. The van der Waals surface area contributed by atoms with Crippen LogP contribution in [0.15, 0.2) is 53.1 Å². The summed E-state index contributed by atoms with van der Waals surface area (Å²) >= 11 is 0. The summed E-state index contributed by atoms with van der Waals surface area (Å²) in [4.78, 5) is 17.1. The molecule has 0 unspecified atom stereocenters. The number of aromatic nitrogens is 1. The molecule has 2 aromatic carbocycles. The van der Waals surface area contributed by atoms with Gasteiger partial charge in [-0.1, -0.05) is 12.1 Å². The predicted octanol–water partition coefficient (Wildman–Crippen LogP) is 4.96. The van der Waals surface area contributed by atoms with Gasteiger partial charge in [-0.15, -0.1) is 0 Å². The fraction of sp³-hybridized carbons (Fsp3) is 0.304. The molecule has 152 valence electrons. The van der Waals surface area contributed by atoms with Crippen molar-refractivity contribution in [3.63, 3.8) is 0 Å². The van der Waals surface area contributed by atoms with E-state index in [0.29, 0.717) is 54.8 Å². The van der Waals surface area contributed by atoms with Crippen molar-refractivity contribution in [3.05, 3.63) is 60.0 Å². The summed E-state index contributed by atoms with van der Waals surface area (Å²) in [6.07, 6.45) is 2.39. The summed E-state index contributed by atoms with van der Waals surface area (Å²) in [7, 11) is 1.60. The van der Waals surface area contributed by atoms with Crippen molar-refractivity contribution in [1.82, 2.24) is 4.98 Å². The van der Waals surface area contributed by atoms with Gasteiger partial charge in [-0.05, 0) is 44.2 Å². The first-order valence-corrected chi connectivity index (χ1v) is 9.66. The van der Waals surface area contributed by atoms with Gasteiger partial charge in [-0.2, -0.15) is 0 Å². The van der Waals surface area contributed by atoms with Crippen molar-refractivity contribution in [2.75, 3.05) is 20.3 Å². The Morgan fingerprint density at radius 2 is 1.76 bits per heavy atom. The molecule has 6 nitrogen and oxygen atoms in total. The highest BCUT2D eigenvalue weighted by molar-refractivity contribution is 5.98. The molecule has 6 heteroatoms. The molecule has 0 atom stereocenters. The Labute approximate surface area is 170 Å². The number of ether oxygens (including phenoxy) is 3. The van der Waals surface area contributed by atoms with Crippen LogP contribution in [0.2, 0.25) is 0 Å². The Bertz CT molecular complexity index is 963. The minimum absolute atomic E-state index is 0.0154. The largest absolute Gasteiger partial charge is 0.493 e. The zero-order valence-corrected chi connectivity index (χ0v) is 16.9. The molecule has 0 N–H and O–H groups in total. The van der Waals surface area contributed by atoms with Crippen molar-refractivity contribution >= 4 is 5.78 Å². The van der Waals surface area contributed by atoms with Crippen LogP contribution in [0, 0.1) is 0 Å². The topological polar surface area (TPSA) is 70.8 Å². The highest BCUT2D eigenvalue weighted by Gasteiger charge is 2.15. The average Bonchev–Trinajstić information content (AvgIpc) is 3.22. The number of carbonyl (C=O) groups is 1. The summed E-state index contributed by atoms with van der Waals surface area (Å²) < 4.78 is 22.1. The number of nitrogens with zero attached hydrogens (tertiary/aromatic N) is 1. The molecule has 3 aromatic rings. The minimum atomic E-state index is 0.0154. The third-order valence-electron chi connectivity index (χ3n) is 4.36. The average molecular weight is 395 g/mol. The quantitative estimate of drug-likeness (QED) is 0.452. The molecular formula is C23H25NO5. The molecule has 0 saturated heterocycles. The van der Waals surface area contributed by atoms with Gasteiger partial charge in [0, 0.05) is 18.4 Å². The monoisotopic (exact) mass is 395 g/mol. The maximum atomic E-state index is 12.6. The second-order valence-corrected chi connectivity index (χ2v) is 6.29. The van der Waals surface area contributed by atoms with Crippen LogP contribution < -0.4 is 14.2 Å². The first-order chi connectivity index (χ1) is 14.2. The van der Waals surface area contributed by atoms with Crippen LogP contribution in [0.4, 0.5) is 0 Å². The molecule has 0 bridgehead atoms. The number of aryl methyl sites for hydroxylation is 1. The summed E-state index contributed by atoms with van der Waals surface area (Å²) in [6, 6.07) is 12.8. The highest BCUT2D eigenvalue weighted by Crippen LogP contribution is 2.32. The standard InChI is InChI=1S/C23H25NO5/c1-4-27-20-9-7-6-8-18(20)19(25)12-11-17-15-29-23(24-17)16-10-13-21(26-3)22(14-16)28-5-2/h6-10,13-15H,4-5,11-12H2,1-3H3. The van der Waals surface area contributed by atoms with E-state index in [2.05, 4.69) is 4.98 Å². The van der Waals surface area contributed by atoms with Crippen molar-refractivity contribution < 1.29 is 23.4 Å². The molecule has 0 aliphatic heterocycles. The normalized spacial score (nSPS) is 10.6. The second-order valence-electron chi connectivity index (χ2n) is 6.29. The number of oxazole rings is 1. The molecule has 0 spiro atoms. The summed E-state index contributed by atoms with van der Waals surface area (Å²) in [6.45, 7) is 4.86. The Kier molecular flexibility index (Phi) is 6.89. The molecule has 0 aliphatic carbocycles. The number of hydrogen-bond donors (Lipinski definition) is 0. The molecule has 0 radical (unpaired) electrons. The van der Waals surface area contributed by atoms with Crippen molar-refractivity contribution in [2.45, 2.75) is 26.7 Å². The number of Topliss-reactive ketones (excluding diaryl/α,β-unsaturated/α-hetero) is 1. The van der Waals surface area contributed by atoms with Crippen molar-refractivity contribution in [1.29, 1.82) is 0 Å². The van der Waals surface area contributed by atoms with E-state index in [1.807, 2.05) is 50.2 Å². The Morgan fingerprint density at radius 3 is 2.52 bits per heavy atom. The van der Waals surface area contributed by atoms with Gasteiger partial charge in [0.2, 0.25) is 5.89 Å². The molecule has 0 aliphatic rings. The molecule has 3 rings (SSSR count). The maximum absolute atomic E-state index is 12.6. The van der Waals surface area contributed by atoms with Crippen molar-refractivity contribution in [2.24, 2.45) is 0 Å². The molecule has 0 amide bonds. The van der Waals surface area contributed by atoms with E-state index in [9.17, 15) is 4.79 Å². The maximum Gasteiger partial charge on any atom is 0.226 e. The van der Waals surface area contributed by atoms with Gasteiger partial charge in [-0.25, -0.2) is 4.98 Å². The Hall–Kier alpha value is -3.28. The first kappa shape index (κ1) is 20.5. The first-order valence-electron chi connectivity index (χ1n) is 9.66. The number of methoxy groups -OCH3 is 1. The van der Waals surface area contributed by atoms with E-state index in [1.54, 1.807) is 19.4 Å². The number of rotatable bonds is 10. The SMILES string of the molecule is CCOc1cc(-c2nc(CCC(=O)c3ccccc3OCC)co2)ccc1OC. The van der Waals surface area contributed by atoms with Gasteiger partial charge in [-0.3, -0.25) is 4.79 Å². The lowest BCUT2D eigenvalue weighted by Gasteiger charge is -2.09. The summed E-state index contributed by atoms with van der Waals surface area (Å²) in [5, 5.41) is 0. The van der Waals surface area contributed by atoms with Gasteiger partial charge in [0.1, 0.15) is 12.0 Å². The van der Waals surface area contributed by atoms with Crippen LogP contribution in [0.1, 0.15) is 36.3 Å². The second kappa shape index (κ2) is 9.78. The van der Waals surface area contributed by atoms with E-state index < -0.39 is 0 Å². The number of para-hydroxylation sites is 1. The number of benzene rings is 2. The lowest BCUT2D eigenvalue weighted by molar-refractivity contribution is 0.0979. The van der Waals surface area contributed by atoms with Gasteiger partial charge in [0.25, 0.3) is 0 Å².